The van der Waals surface area contributed by atoms with Gasteiger partial charge in [0, 0.05) is 0 Å². The molecule has 1 aromatic rings. The maximum Gasteiger partial charge on any atom is 0.230 e. The molecule has 1 heterocycles. The first-order valence-electron chi connectivity index (χ1n) is 7.66. The van der Waals surface area contributed by atoms with Gasteiger partial charge in [-0.2, -0.15) is 0 Å². The minimum atomic E-state index is -0.124. The number of pyridine rings is 1. The van der Waals surface area contributed by atoms with Gasteiger partial charge in [-0.3, -0.25) is 4.79 Å². The molecule has 4 bridgehead atoms. The predicted molar refractivity (Wildman–Crippen MR) is 86.2 cm³/mol. The summed E-state index contributed by atoms with van der Waals surface area (Å²) in [4.78, 5) is 17.0. The molecule has 1 aromatic heterocycles. The third-order valence-corrected chi connectivity index (χ3v) is 6.71. The molecule has 0 atom stereocenters. The summed E-state index contributed by atoms with van der Waals surface area (Å²) in [6, 6.07) is 1.83. The second kappa shape index (κ2) is 4.95. The van der Waals surface area contributed by atoms with E-state index in [0.717, 1.165) is 42.7 Å². The lowest BCUT2D eigenvalue weighted by Gasteiger charge is -2.55. The Morgan fingerprint density at radius 2 is 1.81 bits per heavy atom. The highest BCUT2D eigenvalue weighted by Gasteiger charge is 2.54. The van der Waals surface area contributed by atoms with E-state index in [1.165, 1.54) is 19.3 Å². The van der Waals surface area contributed by atoms with Crippen molar-refractivity contribution in [1.82, 2.24) is 4.98 Å². The summed E-state index contributed by atoms with van der Waals surface area (Å²) in [7, 11) is 0. The molecule has 1 N–H and O–H groups in total. The fourth-order valence-corrected chi connectivity index (χ4v) is 5.59. The van der Waals surface area contributed by atoms with Crippen LogP contribution in [0.3, 0.4) is 0 Å². The van der Waals surface area contributed by atoms with E-state index < -0.39 is 0 Å². The number of halogens is 2. The molecule has 0 aromatic carbocycles. The average molecular weight is 370 g/mol. The lowest BCUT2D eigenvalue weighted by atomic mass is 9.49. The van der Waals surface area contributed by atoms with Gasteiger partial charge in [-0.05, 0) is 78.3 Å². The number of amides is 1. The number of hydrogen-bond donors (Lipinski definition) is 1. The summed E-state index contributed by atoms with van der Waals surface area (Å²) in [6.07, 6.45) is 8.90. The molecule has 0 saturated heterocycles. The Balaban J connectivity index is 1.56. The van der Waals surface area contributed by atoms with Gasteiger partial charge in [0.2, 0.25) is 5.91 Å². The summed E-state index contributed by atoms with van der Waals surface area (Å²) in [5.74, 6) is 2.52. The van der Waals surface area contributed by atoms with Crippen molar-refractivity contribution in [3.05, 3.63) is 21.9 Å². The zero-order chi connectivity index (χ0) is 14.6. The van der Waals surface area contributed by atoms with Crippen molar-refractivity contribution in [2.24, 2.45) is 23.2 Å². The van der Waals surface area contributed by atoms with Crippen molar-refractivity contribution in [1.29, 1.82) is 0 Å². The quantitative estimate of drug-likeness (QED) is 0.771. The summed E-state index contributed by atoms with van der Waals surface area (Å²) >= 11 is 9.26. The van der Waals surface area contributed by atoms with E-state index in [9.17, 15) is 4.79 Å². The van der Waals surface area contributed by atoms with Gasteiger partial charge in [0.15, 0.2) is 0 Å². The van der Waals surface area contributed by atoms with Gasteiger partial charge in [0.25, 0.3) is 0 Å². The zero-order valence-electron chi connectivity index (χ0n) is 11.7. The minimum absolute atomic E-state index is 0.124. The van der Waals surface area contributed by atoms with Crippen LogP contribution in [0.4, 0.5) is 5.69 Å². The number of nitrogens with one attached hydrogen (secondary N) is 1. The van der Waals surface area contributed by atoms with Gasteiger partial charge >= 0.3 is 0 Å². The van der Waals surface area contributed by atoms with E-state index in [4.69, 9.17) is 11.6 Å². The number of nitrogens with zero attached hydrogens (tertiary/aromatic N) is 1. The molecule has 5 heteroatoms. The Labute approximate surface area is 138 Å². The molecule has 4 saturated carbocycles. The molecule has 3 nitrogen and oxygen atoms in total. The van der Waals surface area contributed by atoms with Gasteiger partial charge in [-0.15, -0.1) is 0 Å². The molecule has 4 fully saturated rings. The summed E-state index contributed by atoms with van der Waals surface area (Å²) in [5, 5.41) is 3.50. The Kier molecular flexibility index (Phi) is 3.30. The molecule has 0 radical (unpaired) electrons. The van der Waals surface area contributed by atoms with Gasteiger partial charge in [-0.1, -0.05) is 11.6 Å². The van der Waals surface area contributed by atoms with E-state index in [1.807, 2.05) is 6.07 Å². The summed E-state index contributed by atoms with van der Waals surface area (Å²) in [5.41, 5.74) is 0.605. The molecule has 5 rings (SSSR count). The molecule has 1 amide bonds. The van der Waals surface area contributed by atoms with E-state index in [2.05, 4.69) is 26.2 Å². The van der Waals surface area contributed by atoms with Crippen LogP contribution in [0.2, 0.25) is 5.15 Å². The fraction of sp³-hybridized carbons (Fsp3) is 0.625. The largest absolute Gasteiger partial charge is 0.324 e. The van der Waals surface area contributed by atoms with Crippen molar-refractivity contribution in [3.63, 3.8) is 0 Å². The van der Waals surface area contributed by atoms with Gasteiger partial charge in [-0.25, -0.2) is 4.98 Å². The normalized spacial score (nSPS) is 36.8. The van der Waals surface area contributed by atoms with E-state index in [0.29, 0.717) is 9.63 Å². The zero-order valence-corrected chi connectivity index (χ0v) is 14.1. The topological polar surface area (TPSA) is 42.0 Å². The Bertz CT molecular complexity index is 569. The van der Waals surface area contributed by atoms with Crippen LogP contribution in [0.1, 0.15) is 38.5 Å². The van der Waals surface area contributed by atoms with Crippen LogP contribution < -0.4 is 5.32 Å². The lowest BCUT2D eigenvalue weighted by Crippen LogP contribution is -2.51. The predicted octanol–water partition coefficient (Wildman–Crippen LogP) is 4.65. The van der Waals surface area contributed by atoms with Crippen LogP contribution in [0.25, 0.3) is 0 Å². The third kappa shape index (κ3) is 2.40. The number of hydrogen-bond acceptors (Lipinski definition) is 2. The fourth-order valence-electron chi connectivity index (χ4n) is 5.14. The highest BCUT2D eigenvalue weighted by molar-refractivity contribution is 9.10. The molecular formula is C16H18BrClN2O. The van der Waals surface area contributed by atoms with Crippen LogP contribution in [0, 0.1) is 23.2 Å². The highest BCUT2D eigenvalue weighted by Crippen LogP contribution is 2.60. The lowest BCUT2D eigenvalue weighted by molar-refractivity contribution is -0.140. The van der Waals surface area contributed by atoms with Crippen molar-refractivity contribution >= 4 is 39.1 Å². The van der Waals surface area contributed by atoms with Crippen molar-refractivity contribution < 1.29 is 4.79 Å². The molecule has 4 aliphatic rings. The summed E-state index contributed by atoms with van der Waals surface area (Å²) in [6.45, 7) is 0. The van der Waals surface area contributed by atoms with Crippen molar-refractivity contribution in [2.75, 3.05) is 5.32 Å². The Morgan fingerprint density at radius 3 is 2.33 bits per heavy atom. The number of anilines is 1. The van der Waals surface area contributed by atoms with Gasteiger partial charge in [0.05, 0.1) is 21.8 Å². The number of carbonyl (C=O) groups is 1. The van der Waals surface area contributed by atoms with Crippen LogP contribution in [0.15, 0.2) is 16.7 Å². The first kappa shape index (κ1) is 14.0. The number of aromatic nitrogens is 1. The molecule has 4 aliphatic carbocycles. The monoisotopic (exact) mass is 368 g/mol. The molecule has 0 spiro atoms. The first-order valence-corrected chi connectivity index (χ1v) is 8.84. The molecule has 0 unspecified atom stereocenters. The smallest absolute Gasteiger partial charge is 0.230 e. The SMILES string of the molecule is O=C(Nc1cnc(Cl)c(Br)c1)C12CC3CC(CC(C3)C1)C2. The second-order valence-electron chi connectivity index (χ2n) is 7.15. The first-order chi connectivity index (χ1) is 10.0. The van der Waals surface area contributed by atoms with Crippen LogP contribution in [-0.2, 0) is 4.79 Å². The maximum absolute atomic E-state index is 12.9. The van der Waals surface area contributed by atoms with Crippen molar-refractivity contribution in [2.45, 2.75) is 38.5 Å². The van der Waals surface area contributed by atoms with E-state index >= 15 is 0 Å². The van der Waals surface area contributed by atoms with Crippen molar-refractivity contribution in [3.8, 4) is 0 Å². The molecule has 0 aliphatic heterocycles. The summed E-state index contributed by atoms with van der Waals surface area (Å²) < 4.78 is 0.715. The Hall–Kier alpha value is -0.610. The third-order valence-electron chi connectivity index (χ3n) is 5.57. The standard InChI is InChI=1S/C16H18BrClN2O/c17-13-4-12(8-19-14(13)18)20-15(21)16-5-9-1-10(6-16)3-11(2-9)7-16/h4,8-11H,1-3,5-7H2,(H,20,21). The molecule has 21 heavy (non-hydrogen) atoms. The van der Waals surface area contributed by atoms with Gasteiger partial charge in [0.1, 0.15) is 5.15 Å². The van der Waals surface area contributed by atoms with E-state index in [1.54, 1.807) is 6.20 Å². The number of carbonyl (C=O) groups excluding carboxylic acids is 1. The van der Waals surface area contributed by atoms with E-state index in [-0.39, 0.29) is 11.3 Å². The van der Waals surface area contributed by atoms with Gasteiger partial charge < -0.3 is 5.32 Å². The van der Waals surface area contributed by atoms with Crippen LogP contribution in [-0.4, -0.2) is 10.9 Å². The van der Waals surface area contributed by atoms with Crippen LogP contribution >= 0.6 is 27.5 Å². The average Bonchev–Trinajstić information content (AvgIpc) is 2.41. The number of rotatable bonds is 2. The Morgan fingerprint density at radius 1 is 1.24 bits per heavy atom. The molecular weight excluding hydrogens is 352 g/mol. The maximum atomic E-state index is 12.9. The highest BCUT2D eigenvalue weighted by atomic mass is 79.9. The molecule has 112 valence electrons. The van der Waals surface area contributed by atoms with Crippen LogP contribution in [0.5, 0.6) is 0 Å². The minimum Gasteiger partial charge on any atom is -0.324 e. The second-order valence-corrected chi connectivity index (χ2v) is 8.36.